The van der Waals surface area contributed by atoms with Crippen molar-refractivity contribution in [1.29, 1.82) is 0 Å². The molecule has 4 nitrogen and oxygen atoms in total. The average Bonchev–Trinajstić information content (AvgIpc) is 2.37. The maximum Gasteiger partial charge on any atom is 0.119 e. The zero-order valence-electron chi connectivity index (χ0n) is 11.3. The van der Waals surface area contributed by atoms with Gasteiger partial charge in [-0.15, -0.1) is 0 Å². The van der Waals surface area contributed by atoms with Crippen molar-refractivity contribution in [2.75, 3.05) is 19.8 Å². The van der Waals surface area contributed by atoms with Crippen molar-refractivity contribution in [2.24, 2.45) is 5.84 Å². The summed E-state index contributed by atoms with van der Waals surface area (Å²) in [5.74, 6) is 6.38. The molecule has 0 spiro atoms. The number of rotatable bonds is 9. The van der Waals surface area contributed by atoms with Crippen LogP contribution in [0.2, 0.25) is 0 Å². The number of aryl methyl sites for hydroxylation is 1. The van der Waals surface area contributed by atoms with Gasteiger partial charge in [0.05, 0.1) is 13.2 Å². The second-order valence-electron chi connectivity index (χ2n) is 4.39. The summed E-state index contributed by atoms with van der Waals surface area (Å²) in [7, 11) is 0. The molecule has 0 saturated carbocycles. The van der Waals surface area contributed by atoms with E-state index in [1.165, 1.54) is 5.56 Å². The Morgan fingerprint density at radius 3 is 2.83 bits per heavy atom. The van der Waals surface area contributed by atoms with E-state index in [0.717, 1.165) is 25.2 Å². The van der Waals surface area contributed by atoms with Crippen LogP contribution in [0.5, 0.6) is 5.75 Å². The van der Waals surface area contributed by atoms with Crippen LogP contribution in [-0.2, 0) is 4.74 Å². The lowest BCUT2D eigenvalue weighted by Crippen LogP contribution is -2.39. The zero-order chi connectivity index (χ0) is 13.2. The maximum atomic E-state index is 5.67. The Labute approximate surface area is 109 Å². The normalized spacial score (nSPS) is 12.4. The van der Waals surface area contributed by atoms with Gasteiger partial charge in [-0.3, -0.25) is 11.3 Å². The highest BCUT2D eigenvalue weighted by molar-refractivity contribution is 5.27. The summed E-state index contributed by atoms with van der Waals surface area (Å²) in [6.45, 7) is 6.17. The topological polar surface area (TPSA) is 56.5 Å². The highest BCUT2D eigenvalue weighted by atomic mass is 16.5. The van der Waals surface area contributed by atoms with Gasteiger partial charge in [-0.25, -0.2) is 0 Å². The first-order chi connectivity index (χ1) is 8.76. The minimum absolute atomic E-state index is 0.140. The quantitative estimate of drug-likeness (QED) is 0.401. The van der Waals surface area contributed by atoms with Crippen molar-refractivity contribution in [3.05, 3.63) is 29.8 Å². The Kier molecular flexibility index (Phi) is 7.41. The molecule has 0 aliphatic carbocycles. The van der Waals surface area contributed by atoms with Crippen molar-refractivity contribution < 1.29 is 9.47 Å². The molecule has 1 aromatic carbocycles. The molecule has 1 aromatic rings. The van der Waals surface area contributed by atoms with Crippen LogP contribution in [0.1, 0.15) is 25.3 Å². The van der Waals surface area contributed by atoms with E-state index in [1.54, 1.807) is 0 Å². The summed E-state index contributed by atoms with van der Waals surface area (Å²) in [5.41, 5.74) is 3.95. The lowest BCUT2D eigenvalue weighted by Gasteiger charge is -2.16. The zero-order valence-corrected chi connectivity index (χ0v) is 11.3. The number of benzene rings is 1. The molecule has 18 heavy (non-hydrogen) atoms. The lowest BCUT2D eigenvalue weighted by molar-refractivity contribution is 0.104. The van der Waals surface area contributed by atoms with Crippen LogP contribution in [0, 0.1) is 6.92 Å². The predicted molar refractivity (Wildman–Crippen MR) is 73.5 cm³/mol. The number of nitrogens with one attached hydrogen (secondary N) is 1. The van der Waals surface area contributed by atoms with Gasteiger partial charge in [0.1, 0.15) is 5.75 Å². The molecule has 0 aliphatic heterocycles. The number of ether oxygens (including phenoxy) is 2. The van der Waals surface area contributed by atoms with Gasteiger partial charge in [0.25, 0.3) is 0 Å². The molecule has 0 heterocycles. The molecule has 0 fully saturated rings. The Balaban J connectivity index is 2.22. The minimum atomic E-state index is 0.140. The number of hydrogen-bond acceptors (Lipinski definition) is 4. The van der Waals surface area contributed by atoms with Crippen LogP contribution >= 0.6 is 0 Å². The molecule has 0 aromatic heterocycles. The van der Waals surface area contributed by atoms with Crippen molar-refractivity contribution in [3.63, 3.8) is 0 Å². The standard InChI is InChI=1S/C14H24N2O2/c1-3-8-17-11-13(16-15)7-9-18-14-6-4-5-12(2)10-14/h4-6,10,13,16H,3,7-9,11,15H2,1-2H3. The van der Waals surface area contributed by atoms with Crippen LogP contribution in [0.15, 0.2) is 24.3 Å². The second kappa shape index (κ2) is 8.91. The van der Waals surface area contributed by atoms with Crippen molar-refractivity contribution in [3.8, 4) is 5.75 Å². The fourth-order valence-corrected chi connectivity index (χ4v) is 1.61. The van der Waals surface area contributed by atoms with Gasteiger partial charge >= 0.3 is 0 Å². The molecule has 0 saturated heterocycles. The highest BCUT2D eigenvalue weighted by Gasteiger charge is 2.06. The van der Waals surface area contributed by atoms with Gasteiger partial charge in [-0.2, -0.15) is 0 Å². The van der Waals surface area contributed by atoms with E-state index in [0.29, 0.717) is 13.2 Å². The molecular weight excluding hydrogens is 228 g/mol. The molecule has 3 N–H and O–H groups in total. The first kappa shape index (κ1) is 15.0. The molecular formula is C14H24N2O2. The van der Waals surface area contributed by atoms with Crippen LogP contribution in [0.25, 0.3) is 0 Å². The largest absolute Gasteiger partial charge is 0.494 e. The molecule has 1 unspecified atom stereocenters. The molecule has 0 radical (unpaired) electrons. The van der Waals surface area contributed by atoms with Crippen molar-refractivity contribution in [1.82, 2.24) is 5.43 Å². The third kappa shape index (κ3) is 6.00. The first-order valence-corrected chi connectivity index (χ1v) is 6.49. The van der Waals surface area contributed by atoms with E-state index in [2.05, 4.69) is 25.3 Å². The first-order valence-electron chi connectivity index (χ1n) is 6.49. The smallest absolute Gasteiger partial charge is 0.119 e. The number of hydrogen-bond donors (Lipinski definition) is 2. The fourth-order valence-electron chi connectivity index (χ4n) is 1.61. The molecule has 1 atom stereocenters. The summed E-state index contributed by atoms with van der Waals surface area (Å²) in [5, 5.41) is 0. The minimum Gasteiger partial charge on any atom is -0.494 e. The van der Waals surface area contributed by atoms with Gasteiger partial charge in [0.2, 0.25) is 0 Å². The Hall–Kier alpha value is -1.10. The van der Waals surface area contributed by atoms with E-state index in [1.807, 2.05) is 18.2 Å². The lowest BCUT2D eigenvalue weighted by atomic mass is 10.2. The molecule has 1 rings (SSSR count). The molecule has 0 amide bonds. The monoisotopic (exact) mass is 252 g/mol. The predicted octanol–water partition coefficient (Wildman–Crippen LogP) is 2.02. The Morgan fingerprint density at radius 2 is 2.17 bits per heavy atom. The van der Waals surface area contributed by atoms with E-state index in [-0.39, 0.29) is 6.04 Å². The Bertz CT molecular complexity index is 331. The molecule has 0 bridgehead atoms. The molecule has 0 aliphatic rings. The summed E-state index contributed by atoms with van der Waals surface area (Å²) < 4.78 is 11.1. The van der Waals surface area contributed by atoms with E-state index >= 15 is 0 Å². The highest BCUT2D eigenvalue weighted by Crippen LogP contribution is 2.12. The van der Waals surface area contributed by atoms with Gasteiger partial charge in [0.15, 0.2) is 0 Å². The van der Waals surface area contributed by atoms with E-state index in [4.69, 9.17) is 15.3 Å². The van der Waals surface area contributed by atoms with Gasteiger partial charge in [0, 0.05) is 19.1 Å². The van der Waals surface area contributed by atoms with Gasteiger partial charge in [-0.1, -0.05) is 19.1 Å². The van der Waals surface area contributed by atoms with Crippen molar-refractivity contribution in [2.45, 2.75) is 32.7 Å². The third-order valence-corrected chi connectivity index (χ3v) is 2.63. The Morgan fingerprint density at radius 1 is 1.33 bits per heavy atom. The van der Waals surface area contributed by atoms with Crippen molar-refractivity contribution >= 4 is 0 Å². The number of nitrogens with two attached hydrogens (primary N) is 1. The summed E-state index contributed by atoms with van der Waals surface area (Å²) in [4.78, 5) is 0. The molecule has 4 heteroatoms. The summed E-state index contributed by atoms with van der Waals surface area (Å²) >= 11 is 0. The fraction of sp³-hybridized carbons (Fsp3) is 0.571. The average molecular weight is 252 g/mol. The van der Waals surface area contributed by atoms with Crippen LogP contribution < -0.4 is 16.0 Å². The van der Waals surface area contributed by atoms with E-state index < -0.39 is 0 Å². The van der Waals surface area contributed by atoms with Crippen LogP contribution in [0.3, 0.4) is 0 Å². The summed E-state index contributed by atoms with van der Waals surface area (Å²) in [6.07, 6.45) is 1.85. The number of hydrazine groups is 1. The second-order valence-corrected chi connectivity index (χ2v) is 4.39. The third-order valence-electron chi connectivity index (χ3n) is 2.63. The maximum absolute atomic E-state index is 5.67. The SMILES string of the molecule is CCCOCC(CCOc1cccc(C)c1)NN. The van der Waals surface area contributed by atoms with E-state index in [9.17, 15) is 0 Å². The van der Waals surface area contributed by atoms with Gasteiger partial charge < -0.3 is 9.47 Å². The summed E-state index contributed by atoms with van der Waals surface area (Å²) in [6, 6.07) is 8.18. The molecule has 102 valence electrons. The van der Waals surface area contributed by atoms with Gasteiger partial charge in [-0.05, 0) is 31.0 Å². The van der Waals surface area contributed by atoms with Crippen LogP contribution in [-0.4, -0.2) is 25.9 Å². The van der Waals surface area contributed by atoms with Crippen LogP contribution in [0.4, 0.5) is 0 Å².